The fraction of sp³-hybridized carbons (Fsp3) is 1.00. The third kappa shape index (κ3) is 1.70. The van der Waals surface area contributed by atoms with Crippen LogP contribution in [0.2, 0.25) is 0 Å². The fourth-order valence-corrected chi connectivity index (χ4v) is 3.24. The van der Waals surface area contributed by atoms with E-state index in [9.17, 15) is 0 Å². The molecule has 80 valence electrons. The zero-order valence-electron chi connectivity index (χ0n) is 9.21. The van der Waals surface area contributed by atoms with Crippen molar-refractivity contribution in [3.05, 3.63) is 0 Å². The number of nitrogens with one attached hydrogen (secondary N) is 1. The van der Waals surface area contributed by atoms with Crippen molar-refractivity contribution in [2.45, 2.75) is 44.7 Å². The Bertz CT molecular complexity index is 212. The van der Waals surface area contributed by atoms with Crippen LogP contribution in [0.15, 0.2) is 0 Å². The Morgan fingerprint density at radius 3 is 2.71 bits per heavy atom. The van der Waals surface area contributed by atoms with Gasteiger partial charge in [0.2, 0.25) is 0 Å². The quantitative estimate of drug-likeness (QED) is 0.732. The van der Waals surface area contributed by atoms with Crippen molar-refractivity contribution in [2.24, 2.45) is 11.8 Å². The first-order valence-electron chi connectivity index (χ1n) is 6.31. The van der Waals surface area contributed by atoms with Gasteiger partial charge in [0.05, 0.1) is 0 Å². The number of hydrogen-bond acceptors (Lipinski definition) is 2. The largest absolute Gasteiger partial charge is 0.311 e. The van der Waals surface area contributed by atoms with Crippen LogP contribution < -0.4 is 5.32 Å². The number of nitrogens with zero attached hydrogens (tertiary/aromatic N) is 1. The number of piperidine rings is 1. The fourth-order valence-electron chi connectivity index (χ4n) is 3.24. The lowest BCUT2D eigenvalue weighted by molar-refractivity contribution is 0.208. The monoisotopic (exact) mass is 194 g/mol. The van der Waals surface area contributed by atoms with Crippen LogP contribution in [0.1, 0.15) is 32.6 Å². The summed E-state index contributed by atoms with van der Waals surface area (Å²) in [6.45, 7) is 6.46. The Balaban J connectivity index is 1.56. The lowest BCUT2D eigenvalue weighted by atomic mass is 9.93. The summed E-state index contributed by atoms with van der Waals surface area (Å²) in [5.74, 6) is 1.97. The van der Waals surface area contributed by atoms with Gasteiger partial charge >= 0.3 is 0 Å². The number of hydrogen-bond donors (Lipinski definition) is 1. The summed E-state index contributed by atoms with van der Waals surface area (Å²) in [7, 11) is 0. The molecule has 4 atom stereocenters. The molecule has 14 heavy (non-hydrogen) atoms. The van der Waals surface area contributed by atoms with E-state index >= 15 is 0 Å². The molecular weight excluding hydrogens is 172 g/mol. The van der Waals surface area contributed by atoms with Crippen molar-refractivity contribution in [1.29, 1.82) is 0 Å². The van der Waals surface area contributed by atoms with Crippen LogP contribution in [0.4, 0.5) is 0 Å². The van der Waals surface area contributed by atoms with Crippen molar-refractivity contribution in [3.63, 3.8) is 0 Å². The Morgan fingerprint density at radius 2 is 1.93 bits per heavy atom. The van der Waals surface area contributed by atoms with E-state index in [1.807, 2.05) is 0 Å². The van der Waals surface area contributed by atoms with Gasteiger partial charge in [-0.2, -0.15) is 0 Å². The minimum Gasteiger partial charge on any atom is -0.311 e. The van der Waals surface area contributed by atoms with Gasteiger partial charge in [-0.15, -0.1) is 0 Å². The molecule has 2 saturated heterocycles. The summed E-state index contributed by atoms with van der Waals surface area (Å²) < 4.78 is 0. The van der Waals surface area contributed by atoms with Crippen molar-refractivity contribution in [1.82, 2.24) is 10.2 Å². The Labute approximate surface area is 87.0 Å². The highest BCUT2D eigenvalue weighted by Crippen LogP contribution is 2.34. The van der Waals surface area contributed by atoms with Crippen molar-refractivity contribution in [3.8, 4) is 0 Å². The summed E-state index contributed by atoms with van der Waals surface area (Å²) in [6.07, 6.45) is 5.77. The van der Waals surface area contributed by atoms with Gasteiger partial charge in [0.25, 0.3) is 0 Å². The van der Waals surface area contributed by atoms with Gasteiger partial charge < -0.3 is 10.2 Å². The number of rotatable bonds is 3. The zero-order chi connectivity index (χ0) is 9.54. The van der Waals surface area contributed by atoms with Crippen LogP contribution in [0.5, 0.6) is 0 Å². The highest BCUT2D eigenvalue weighted by atomic mass is 15.2. The van der Waals surface area contributed by atoms with Gasteiger partial charge in [-0.3, -0.25) is 0 Å². The van der Waals surface area contributed by atoms with E-state index in [4.69, 9.17) is 0 Å². The molecular formula is C12H22N2. The first-order valence-corrected chi connectivity index (χ1v) is 6.31. The maximum Gasteiger partial charge on any atom is 0.0123 e. The van der Waals surface area contributed by atoms with Gasteiger partial charge in [0.15, 0.2) is 0 Å². The molecule has 0 aromatic rings. The van der Waals surface area contributed by atoms with Gasteiger partial charge in [-0.25, -0.2) is 0 Å². The van der Waals surface area contributed by atoms with Crippen LogP contribution in [0.3, 0.4) is 0 Å². The molecule has 2 aliphatic heterocycles. The summed E-state index contributed by atoms with van der Waals surface area (Å²) in [6, 6.07) is 1.62. The molecule has 0 amide bonds. The Kier molecular flexibility index (Phi) is 2.29. The van der Waals surface area contributed by atoms with E-state index < -0.39 is 0 Å². The SMILES string of the molecule is CC(NC1CCN2CCC1C2)C1CC1. The Hall–Kier alpha value is -0.0800. The molecule has 0 radical (unpaired) electrons. The van der Waals surface area contributed by atoms with Gasteiger partial charge in [0, 0.05) is 18.6 Å². The predicted molar refractivity (Wildman–Crippen MR) is 58.3 cm³/mol. The average Bonchev–Trinajstić information content (AvgIpc) is 2.96. The molecule has 3 fully saturated rings. The van der Waals surface area contributed by atoms with Gasteiger partial charge in [0.1, 0.15) is 0 Å². The second-order valence-corrected chi connectivity index (χ2v) is 5.54. The minimum absolute atomic E-state index is 0.784. The zero-order valence-corrected chi connectivity index (χ0v) is 9.21. The highest BCUT2D eigenvalue weighted by Gasteiger charge is 2.36. The molecule has 2 heteroatoms. The second-order valence-electron chi connectivity index (χ2n) is 5.54. The lowest BCUT2D eigenvalue weighted by Crippen LogP contribution is -2.47. The van der Waals surface area contributed by atoms with Crippen LogP contribution >= 0.6 is 0 Å². The molecule has 3 aliphatic rings. The molecule has 4 unspecified atom stereocenters. The molecule has 0 aromatic carbocycles. The summed E-state index contributed by atoms with van der Waals surface area (Å²) in [5, 5.41) is 3.88. The molecule has 2 bridgehead atoms. The van der Waals surface area contributed by atoms with Crippen LogP contribution in [0.25, 0.3) is 0 Å². The summed E-state index contributed by atoms with van der Waals surface area (Å²) >= 11 is 0. The first kappa shape index (κ1) is 9.17. The van der Waals surface area contributed by atoms with E-state index in [-0.39, 0.29) is 0 Å². The normalized spacial score (nSPS) is 43.9. The van der Waals surface area contributed by atoms with E-state index in [0.717, 1.165) is 23.9 Å². The third-order valence-electron chi connectivity index (χ3n) is 4.44. The maximum atomic E-state index is 3.88. The van der Waals surface area contributed by atoms with E-state index in [1.54, 1.807) is 0 Å². The predicted octanol–water partition coefficient (Wildman–Crippen LogP) is 1.47. The molecule has 2 heterocycles. The third-order valence-corrected chi connectivity index (χ3v) is 4.44. The molecule has 0 aromatic heterocycles. The number of fused-ring (bicyclic) bond motifs is 2. The molecule has 1 aliphatic carbocycles. The molecule has 1 saturated carbocycles. The Morgan fingerprint density at radius 1 is 1.14 bits per heavy atom. The van der Waals surface area contributed by atoms with E-state index in [1.165, 1.54) is 45.3 Å². The maximum absolute atomic E-state index is 3.88. The van der Waals surface area contributed by atoms with Gasteiger partial charge in [-0.1, -0.05) is 0 Å². The topological polar surface area (TPSA) is 15.3 Å². The van der Waals surface area contributed by atoms with Crippen molar-refractivity contribution >= 4 is 0 Å². The van der Waals surface area contributed by atoms with Crippen LogP contribution in [-0.4, -0.2) is 36.6 Å². The highest BCUT2D eigenvalue weighted by molar-refractivity contribution is 4.94. The molecule has 2 nitrogen and oxygen atoms in total. The first-order chi connectivity index (χ1) is 6.83. The van der Waals surface area contributed by atoms with E-state index in [0.29, 0.717) is 0 Å². The average molecular weight is 194 g/mol. The van der Waals surface area contributed by atoms with Crippen LogP contribution in [-0.2, 0) is 0 Å². The smallest absolute Gasteiger partial charge is 0.0123 e. The van der Waals surface area contributed by atoms with Gasteiger partial charge in [-0.05, 0) is 57.5 Å². The van der Waals surface area contributed by atoms with Crippen molar-refractivity contribution < 1.29 is 0 Å². The van der Waals surface area contributed by atoms with Crippen molar-refractivity contribution in [2.75, 3.05) is 19.6 Å². The summed E-state index contributed by atoms with van der Waals surface area (Å²) in [5.41, 5.74) is 0. The molecule has 3 rings (SSSR count). The lowest BCUT2D eigenvalue weighted by Gasteiger charge is -2.33. The summed E-state index contributed by atoms with van der Waals surface area (Å²) in [4.78, 5) is 2.63. The van der Waals surface area contributed by atoms with Crippen LogP contribution in [0, 0.1) is 11.8 Å². The molecule has 0 spiro atoms. The second kappa shape index (κ2) is 3.49. The minimum atomic E-state index is 0.784. The standard InChI is InChI=1S/C12H22N2/c1-9(10-2-3-10)13-12-5-7-14-6-4-11(12)8-14/h9-13H,2-8H2,1H3. The molecule has 1 N–H and O–H groups in total. The van der Waals surface area contributed by atoms with E-state index in [2.05, 4.69) is 17.1 Å².